The van der Waals surface area contributed by atoms with Gasteiger partial charge < -0.3 is 10.1 Å². The number of methoxy groups -OCH3 is 1. The zero-order valence-electron chi connectivity index (χ0n) is 16.1. The SMILES string of the molecule is COc1ccc(CNC(=O)CN2c3ccc(Br)cc3-c3ccccc3S2(=O)=O)cc1. The normalized spacial score (nSPS) is 13.9. The molecule has 1 aliphatic heterocycles. The first-order valence-corrected chi connectivity index (χ1v) is 11.4. The van der Waals surface area contributed by atoms with E-state index in [1.54, 1.807) is 43.5 Å². The monoisotopic (exact) mass is 486 g/mol. The molecule has 6 nitrogen and oxygen atoms in total. The maximum Gasteiger partial charge on any atom is 0.265 e. The summed E-state index contributed by atoms with van der Waals surface area (Å²) in [6.45, 7) is -0.0120. The van der Waals surface area contributed by atoms with Gasteiger partial charge >= 0.3 is 0 Å². The molecular weight excluding hydrogens is 468 g/mol. The number of nitrogens with zero attached hydrogens (tertiary/aromatic N) is 1. The minimum Gasteiger partial charge on any atom is -0.497 e. The van der Waals surface area contributed by atoms with Crippen molar-refractivity contribution >= 4 is 37.5 Å². The van der Waals surface area contributed by atoms with Crippen molar-refractivity contribution in [2.24, 2.45) is 0 Å². The fraction of sp³-hybridized carbons (Fsp3) is 0.136. The largest absolute Gasteiger partial charge is 0.497 e. The number of hydrogen-bond donors (Lipinski definition) is 1. The molecule has 8 heteroatoms. The van der Waals surface area contributed by atoms with Gasteiger partial charge in [-0.05, 0) is 42.0 Å². The van der Waals surface area contributed by atoms with E-state index in [-0.39, 0.29) is 17.3 Å². The molecule has 0 saturated carbocycles. The number of fused-ring (bicyclic) bond motifs is 3. The standard InChI is InChI=1S/C22H19BrN2O4S/c1-29-17-9-6-15(7-10-17)13-24-22(26)14-25-20-11-8-16(23)12-19(20)18-4-2-3-5-21(18)30(25,27)28/h2-12H,13-14H2,1H3,(H,24,26). The van der Waals surface area contributed by atoms with Gasteiger partial charge in [0, 0.05) is 22.1 Å². The third-order valence-corrected chi connectivity index (χ3v) is 7.22. The molecule has 1 aliphatic rings. The first-order chi connectivity index (χ1) is 14.4. The second kappa shape index (κ2) is 8.12. The summed E-state index contributed by atoms with van der Waals surface area (Å²) in [7, 11) is -2.27. The molecule has 0 aliphatic carbocycles. The van der Waals surface area contributed by atoms with Crippen LogP contribution in [0.1, 0.15) is 5.56 Å². The predicted molar refractivity (Wildman–Crippen MR) is 119 cm³/mol. The molecule has 0 bridgehead atoms. The van der Waals surface area contributed by atoms with Crippen molar-refractivity contribution in [3.8, 4) is 16.9 Å². The van der Waals surface area contributed by atoms with Crippen LogP contribution in [-0.2, 0) is 21.4 Å². The molecule has 3 aromatic rings. The van der Waals surface area contributed by atoms with Crippen LogP contribution in [0.4, 0.5) is 5.69 Å². The topological polar surface area (TPSA) is 75.7 Å². The van der Waals surface area contributed by atoms with Gasteiger partial charge in [-0.15, -0.1) is 0 Å². The Kier molecular flexibility index (Phi) is 5.53. The van der Waals surface area contributed by atoms with E-state index in [2.05, 4.69) is 21.2 Å². The summed E-state index contributed by atoms with van der Waals surface area (Å²) in [5, 5.41) is 2.79. The number of rotatable bonds is 5. The molecule has 3 aromatic carbocycles. The second-order valence-corrected chi connectivity index (χ2v) is 9.54. The highest BCUT2D eigenvalue weighted by atomic mass is 79.9. The van der Waals surface area contributed by atoms with Crippen LogP contribution in [0, 0.1) is 0 Å². The smallest absolute Gasteiger partial charge is 0.265 e. The summed E-state index contributed by atoms with van der Waals surface area (Å²) in [6, 6.07) is 19.5. The van der Waals surface area contributed by atoms with Crippen LogP contribution in [0.25, 0.3) is 11.1 Å². The number of halogens is 1. The number of carbonyl (C=O) groups is 1. The van der Waals surface area contributed by atoms with Gasteiger partial charge in [-0.25, -0.2) is 8.42 Å². The number of hydrogen-bond acceptors (Lipinski definition) is 4. The molecule has 30 heavy (non-hydrogen) atoms. The minimum atomic E-state index is -3.86. The van der Waals surface area contributed by atoms with Crippen LogP contribution in [0.15, 0.2) is 76.1 Å². The molecule has 0 unspecified atom stereocenters. The maximum absolute atomic E-state index is 13.3. The van der Waals surface area contributed by atoms with Crippen LogP contribution in [0.5, 0.6) is 5.75 Å². The first kappa shape index (κ1) is 20.4. The zero-order chi connectivity index (χ0) is 21.3. The van der Waals surface area contributed by atoms with Gasteiger partial charge in [-0.2, -0.15) is 0 Å². The van der Waals surface area contributed by atoms with Crippen molar-refractivity contribution in [2.45, 2.75) is 11.4 Å². The Morgan fingerprint density at radius 1 is 1.03 bits per heavy atom. The van der Waals surface area contributed by atoms with E-state index >= 15 is 0 Å². The Bertz CT molecular complexity index is 1210. The average molecular weight is 487 g/mol. The predicted octanol–water partition coefficient (Wildman–Crippen LogP) is 3.95. The highest BCUT2D eigenvalue weighted by molar-refractivity contribution is 9.10. The van der Waals surface area contributed by atoms with Gasteiger partial charge in [0.1, 0.15) is 12.3 Å². The Morgan fingerprint density at radius 2 is 1.77 bits per heavy atom. The van der Waals surface area contributed by atoms with E-state index in [9.17, 15) is 13.2 Å². The van der Waals surface area contributed by atoms with Crippen molar-refractivity contribution in [1.29, 1.82) is 0 Å². The number of anilines is 1. The van der Waals surface area contributed by atoms with Crippen molar-refractivity contribution in [1.82, 2.24) is 5.32 Å². The van der Waals surface area contributed by atoms with Gasteiger partial charge in [0.2, 0.25) is 5.91 Å². The molecule has 154 valence electrons. The number of nitrogens with one attached hydrogen (secondary N) is 1. The summed E-state index contributed by atoms with van der Waals surface area (Å²) in [5.41, 5.74) is 2.76. The lowest BCUT2D eigenvalue weighted by molar-refractivity contribution is -0.119. The van der Waals surface area contributed by atoms with Crippen molar-refractivity contribution < 1.29 is 17.9 Å². The minimum absolute atomic E-state index is 0.193. The Morgan fingerprint density at radius 3 is 2.50 bits per heavy atom. The van der Waals surface area contributed by atoms with Crippen molar-refractivity contribution in [3.63, 3.8) is 0 Å². The second-order valence-electron chi connectivity index (χ2n) is 6.79. The number of carbonyl (C=O) groups excluding carboxylic acids is 1. The average Bonchev–Trinajstić information content (AvgIpc) is 2.76. The van der Waals surface area contributed by atoms with Crippen LogP contribution < -0.4 is 14.4 Å². The quantitative estimate of drug-likeness (QED) is 0.592. The Balaban J connectivity index is 1.59. The third-order valence-electron chi connectivity index (χ3n) is 4.91. The van der Waals surface area contributed by atoms with E-state index < -0.39 is 10.0 Å². The van der Waals surface area contributed by atoms with Gasteiger partial charge in [0.15, 0.2) is 0 Å². The third kappa shape index (κ3) is 3.80. The van der Waals surface area contributed by atoms with Crippen molar-refractivity contribution in [2.75, 3.05) is 18.0 Å². The Hall–Kier alpha value is -2.84. The van der Waals surface area contributed by atoms with Crippen LogP contribution >= 0.6 is 15.9 Å². The molecule has 4 rings (SSSR count). The van der Waals surface area contributed by atoms with Gasteiger partial charge in [-0.1, -0.05) is 46.3 Å². The number of amides is 1. The van der Waals surface area contributed by atoms with E-state index in [1.165, 1.54) is 4.31 Å². The molecule has 1 heterocycles. The number of ether oxygens (including phenoxy) is 1. The Labute approximate surface area is 183 Å². The molecule has 0 fully saturated rings. The van der Waals surface area contributed by atoms with Crippen molar-refractivity contribution in [3.05, 3.63) is 76.8 Å². The van der Waals surface area contributed by atoms with Gasteiger partial charge in [0.05, 0.1) is 17.7 Å². The summed E-state index contributed by atoms with van der Waals surface area (Å²) in [4.78, 5) is 12.8. The van der Waals surface area contributed by atoms with E-state index in [0.29, 0.717) is 17.8 Å². The first-order valence-electron chi connectivity index (χ1n) is 9.21. The lowest BCUT2D eigenvalue weighted by Crippen LogP contribution is -2.42. The molecule has 1 amide bonds. The molecular formula is C22H19BrN2O4S. The number of benzene rings is 3. The maximum atomic E-state index is 13.3. The van der Waals surface area contributed by atoms with Crippen LogP contribution in [0.3, 0.4) is 0 Å². The molecule has 0 aromatic heterocycles. The van der Waals surface area contributed by atoms with Crippen LogP contribution in [0.2, 0.25) is 0 Å². The van der Waals surface area contributed by atoms with Gasteiger partial charge in [-0.3, -0.25) is 9.10 Å². The highest BCUT2D eigenvalue weighted by Crippen LogP contribution is 2.43. The summed E-state index contributed by atoms with van der Waals surface area (Å²) < 4.78 is 33.6. The fourth-order valence-electron chi connectivity index (χ4n) is 3.40. The van der Waals surface area contributed by atoms with Gasteiger partial charge in [0.25, 0.3) is 10.0 Å². The highest BCUT2D eigenvalue weighted by Gasteiger charge is 2.35. The summed E-state index contributed by atoms with van der Waals surface area (Å²) in [5.74, 6) is 0.341. The van der Waals surface area contributed by atoms with E-state index in [4.69, 9.17) is 4.74 Å². The number of sulfonamides is 1. The fourth-order valence-corrected chi connectivity index (χ4v) is 5.41. The lowest BCUT2D eigenvalue weighted by Gasteiger charge is -2.31. The zero-order valence-corrected chi connectivity index (χ0v) is 18.5. The molecule has 0 saturated heterocycles. The summed E-state index contributed by atoms with van der Waals surface area (Å²) in [6.07, 6.45) is 0. The van der Waals surface area contributed by atoms with Crippen LogP contribution in [-0.4, -0.2) is 28.0 Å². The molecule has 0 atom stereocenters. The van der Waals surface area contributed by atoms with E-state index in [0.717, 1.165) is 21.3 Å². The molecule has 1 N–H and O–H groups in total. The van der Waals surface area contributed by atoms with E-state index in [1.807, 2.05) is 30.3 Å². The molecule has 0 radical (unpaired) electrons. The lowest BCUT2D eigenvalue weighted by atomic mass is 10.0. The molecule has 0 spiro atoms. The summed E-state index contributed by atoms with van der Waals surface area (Å²) >= 11 is 3.45.